The van der Waals surface area contributed by atoms with Crippen molar-refractivity contribution >= 4 is 10.0 Å². The third-order valence-corrected chi connectivity index (χ3v) is 4.55. The standard InChI is InChI=1S/C10H19N3O2S/c1-3-10(4-2,8-11)13-16(14,15)9-5-6-12-7-9/h5-7,12-13H,3-4,8,11H2,1-2H3. The summed E-state index contributed by atoms with van der Waals surface area (Å²) >= 11 is 0. The van der Waals surface area contributed by atoms with Gasteiger partial charge in [-0.25, -0.2) is 13.1 Å². The fraction of sp³-hybridized carbons (Fsp3) is 0.600. The summed E-state index contributed by atoms with van der Waals surface area (Å²) in [6.45, 7) is 4.15. The highest BCUT2D eigenvalue weighted by molar-refractivity contribution is 7.89. The van der Waals surface area contributed by atoms with Gasteiger partial charge in [-0.15, -0.1) is 0 Å². The number of rotatable bonds is 6. The van der Waals surface area contributed by atoms with Gasteiger partial charge in [-0.1, -0.05) is 13.8 Å². The SMILES string of the molecule is CCC(CC)(CN)NS(=O)(=O)c1cc[nH]c1. The molecule has 0 saturated carbocycles. The molecule has 1 rings (SSSR count). The molecule has 0 amide bonds. The third-order valence-electron chi connectivity index (χ3n) is 2.97. The fourth-order valence-corrected chi connectivity index (χ4v) is 3.07. The molecule has 1 heterocycles. The van der Waals surface area contributed by atoms with Crippen LogP contribution >= 0.6 is 0 Å². The van der Waals surface area contributed by atoms with Gasteiger partial charge in [0, 0.05) is 24.5 Å². The Morgan fingerprint density at radius 3 is 2.44 bits per heavy atom. The largest absolute Gasteiger partial charge is 0.366 e. The van der Waals surface area contributed by atoms with Gasteiger partial charge in [0.05, 0.1) is 4.90 Å². The average Bonchev–Trinajstić information content (AvgIpc) is 2.80. The summed E-state index contributed by atoms with van der Waals surface area (Å²) in [6, 6.07) is 1.52. The minimum absolute atomic E-state index is 0.243. The quantitative estimate of drug-likeness (QED) is 0.693. The first-order valence-corrected chi connectivity index (χ1v) is 6.85. The van der Waals surface area contributed by atoms with Crippen molar-refractivity contribution in [3.05, 3.63) is 18.5 Å². The van der Waals surface area contributed by atoms with Crippen LogP contribution in [0.1, 0.15) is 26.7 Å². The molecule has 6 heteroatoms. The smallest absolute Gasteiger partial charge is 0.242 e. The average molecular weight is 245 g/mol. The minimum Gasteiger partial charge on any atom is -0.366 e. The van der Waals surface area contributed by atoms with Gasteiger partial charge in [0.1, 0.15) is 0 Å². The summed E-state index contributed by atoms with van der Waals surface area (Å²) in [5.41, 5.74) is 5.11. The molecule has 0 fully saturated rings. The minimum atomic E-state index is -3.47. The van der Waals surface area contributed by atoms with Crippen LogP contribution in [0.25, 0.3) is 0 Å². The lowest BCUT2D eigenvalue weighted by atomic mass is 9.95. The summed E-state index contributed by atoms with van der Waals surface area (Å²) in [4.78, 5) is 2.97. The molecule has 16 heavy (non-hydrogen) atoms. The Hall–Kier alpha value is -0.850. The zero-order chi connectivity index (χ0) is 12.2. The highest BCUT2D eigenvalue weighted by atomic mass is 32.2. The predicted octanol–water partition coefficient (Wildman–Crippen LogP) is 0.810. The van der Waals surface area contributed by atoms with Crippen molar-refractivity contribution in [1.29, 1.82) is 0 Å². The Kier molecular flexibility index (Phi) is 4.12. The molecule has 92 valence electrons. The molecule has 0 unspecified atom stereocenters. The molecular formula is C10H19N3O2S. The van der Waals surface area contributed by atoms with E-state index in [2.05, 4.69) is 9.71 Å². The Balaban J connectivity index is 2.96. The van der Waals surface area contributed by atoms with Crippen LogP contribution in [0, 0.1) is 0 Å². The van der Waals surface area contributed by atoms with Crippen LogP contribution in [0.3, 0.4) is 0 Å². The molecule has 0 bridgehead atoms. The summed E-state index contributed by atoms with van der Waals surface area (Å²) in [7, 11) is -3.47. The molecular weight excluding hydrogens is 226 g/mol. The molecule has 0 aliphatic rings. The number of aromatic nitrogens is 1. The first-order valence-electron chi connectivity index (χ1n) is 5.36. The molecule has 0 aromatic carbocycles. The van der Waals surface area contributed by atoms with Crippen LogP contribution in [-0.2, 0) is 10.0 Å². The number of nitrogens with two attached hydrogens (primary N) is 1. The number of nitrogens with one attached hydrogen (secondary N) is 2. The van der Waals surface area contributed by atoms with E-state index >= 15 is 0 Å². The summed E-state index contributed by atoms with van der Waals surface area (Å²) in [5.74, 6) is 0. The number of hydrogen-bond acceptors (Lipinski definition) is 3. The van der Waals surface area contributed by atoms with E-state index in [9.17, 15) is 8.42 Å². The van der Waals surface area contributed by atoms with Gasteiger partial charge < -0.3 is 10.7 Å². The van der Waals surface area contributed by atoms with Crippen molar-refractivity contribution in [2.75, 3.05) is 6.54 Å². The highest BCUT2D eigenvalue weighted by Crippen LogP contribution is 2.18. The molecule has 0 aliphatic carbocycles. The van der Waals surface area contributed by atoms with Gasteiger partial charge >= 0.3 is 0 Å². The zero-order valence-corrected chi connectivity index (χ0v) is 10.5. The monoisotopic (exact) mass is 245 g/mol. The third kappa shape index (κ3) is 2.63. The van der Waals surface area contributed by atoms with Gasteiger partial charge in [0.15, 0.2) is 0 Å². The molecule has 0 aliphatic heterocycles. The highest BCUT2D eigenvalue weighted by Gasteiger charge is 2.30. The van der Waals surface area contributed by atoms with Crippen LogP contribution in [0.2, 0.25) is 0 Å². The topological polar surface area (TPSA) is 88.0 Å². The Morgan fingerprint density at radius 2 is 2.06 bits per heavy atom. The van der Waals surface area contributed by atoms with Crippen LogP contribution in [0.4, 0.5) is 0 Å². The van der Waals surface area contributed by atoms with E-state index in [-0.39, 0.29) is 4.90 Å². The van der Waals surface area contributed by atoms with Gasteiger partial charge in [0.25, 0.3) is 0 Å². The van der Waals surface area contributed by atoms with Crippen LogP contribution < -0.4 is 10.5 Å². The lowest BCUT2D eigenvalue weighted by Gasteiger charge is -2.30. The first-order chi connectivity index (χ1) is 7.49. The maximum Gasteiger partial charge on any atom is 0.242 e. The molecule has 0 atom stereocenters. The van der Waals surface area contributed by atoms with Crippen molar-refractivity contribution in [1.82, 2.24) is 9.71 Å². The normalized spacial score (nSPS) is 12.9. The van der Waals surface area contributed by atoms with Gasteiger partial charge in [-0.2, -0.15) is 0 Å². The molecule has 5 nitrogen and oxygen atoms in total. The van der Waals surface area contributed by atoms with E-state index in [4.69, 9.17) is 5.73 Å². The summed E-state index contributed by atoms with van der Waals surface area (Å²) < 4.78 is 26.7. The maximum absolute atomic E-state index is 12.0. The number of H-pyrrole nitrogens is 1. The number of hydrogen-bond donors (Lipinski definition) is 3. The summed E-state index contributed by atoms with van der Waals surface area (Å²) in [5, 5.41) is 0. The van der Waals surface area contributed by atoms with Crippen LogP contribution in [0.15, 0.2) is 23.4 Å². The molecule has 1 aromatic rings. The number of aromatic amines is 1. The van der Waals surface area contributed by atoms with E-state index in [1.807, 2.05) is 13.8 Å². The molecule has 0 saturated heterocycles. The van der Waals surface area contributed by atoms with Crippen molar-refractivity contribution in [2.45, 2.75) is 37.1 Å². The van der Waals surface area contributed by atoms with Gasteiger partial charge in [-0.05, 0) is 18.9 Å². The molecule has 0 radical (unpaired) electrons. The van der Waals surface area contributed by atoms with E-state index in [1.165, 1.54) is 12.3 Å². The lowest BCUT2D eigenvalue weighted by Crippen LogP contribution is -2.52. The zero-order valence-electron chi connectivity index (χ0n) is 9.66. The molecule has 1 aromatic heterocycles. The molecule has 4 N–H and O–H groups in total. The van der Waals surface area contributed by atoms with E-state index in [1.54, 1.807) is 6.20 Å². The predicted molar refractivity (Wildman–Crippen MR) is 63.5 cm³/mol. The first kappa shape index (κ1) is 13.2. The van der Waals surface area contributed by atoms with Gasteiger partial charge in [-0.3, -0.25) is 0 Å². The molecule has 0 spiro atoms. The Morgan fingerprint density at radius 1 is 1.44 bits per heavy atom. The summed E-state index contributed by atoms with van der Waals surface area (Å²) in [6.07, 6.45) is 4.37. The fourth-order valence-electron chi connectivity index (χ4n) is 1.54. The van der Waals surface area contributed by atoms with Crippen molar-refractivity contribution in [3.8, 4) is 0 Å². The Labute approximate surface area is 96.5 Å². The maximum atomic E-state index is 12.0. The second kappa shape index (κ2) is 4.99. The van der Waals surface area contributed by atoms with E-state index < -0.39 is 15.6 Å². The van der Waals surface area contributed by atoms with Gasteiger partial charge in [0.2, 0.25) is 10.0 Å². The second-order valence-corrected chi connectivity index (χ2v) is 5.53. The van der Waals surface area contributed by atoms with Crippen LogP contribution in [-0.4, -0.2) is 25.5 Å². The number of sulfonamides is 1. The van der Waals surface area contributed by atoms with Crippen molar-refractivity contribution in [3.63, 3.8) is 0 Å². The van der Waals surface area contributed by atoms with E-state index in [0.29, 0.717) is 19.4 Å². The van der Waals surface area contributed by atoms with Crippen molar-refractivity contribution in [2.24, 2.45) is 5.73 Å². The Bertz CT molecular complexity index is 399. The lowest BCUT2D eigenvalue weighted by molar-refractivity contribution is 0.363. The van der Waals surface area contributed by atoms with Crippen molar-refractivity contribution < 1.29 is 8.42 Å². The second-order valence-electron chi connectivity index (χ2n) is 3.84. The van der Waals surface area contributed by atoms with E-state index in [0.717, 1.165) is 0 Å². The van der Waals surface area contributed by atoms with Crippen LogP contribution in [0.5, 0.6) is 0 Å².